The van der Waals surface area contributed by atoms with Crippen LogP contribution in [0.2, 0.25) is 0 Å². The van der Waals surface area contributed by atoms with E-state index in [9.17, 15) is 13.2 Å². The van der Waals surface area contributed by atoms with E-state index in [-0.39, 0.29) is 9.79 Å². The van der Waals surface area contributed by atoms with Crippen molar-refractivity contribution in [2.75, 3.05) is 5.32 Å². The number of anilines is 1. The van der Waals surface area contributed by atoms with Crippen LogP contribution in [0.3, 0.4) is 0 Å². The summed E-state index contributed by atoms with van der Waals surface area (Å²) >= 11 is 0. The van der Waals surface area contributed by atoms with Gasteiger partial charge in [0, 0.05) is 5.69 Å². The number of carbonyl (C=O) groups excluding carboxylic acids is 1. The molecular formula is C20H18N2O3S. The molecule has 3 aromatic rings. The van der Waals surface area contributed by atoms with E-state index >= 15 is 0 Å². The average Bonchev–Trinajstić information content (AvgIpc) is 2.69. The molecule has 0 aromatic heterocycles. The van der Waals surface area contributed by atoms with Crippen molar-refractivity contribution >= 4 is 21.4 Å². The second kappa shape index (κ2) is 7.51. The summed E-state index contributed by atoms with van der Waals surface area (Å²) in [5.74, 6) is -0.412. The number of benzene rings is 3. The Hall–Kier alpha value is -2.96. The Morgan fingerprint density at radius 2 is 1.38 bits per heavy atom. The lowest BCUT2D eigenvalue weighted by molar-refractivity contribution is -0.117. The van der Waals surface area contributed by atoms with E-state index in [1.807, 2.05) is 6.07 Å². The van der Waals surface area contributed by atoms with E-state index in [0.29, 0.717) is 11.3 Å². The number of nitrogens with one attached hydrogen (secondary N) is 1. The van der Waals surface area contributed by atoms with Crippen LogP contribution < -0.4 is 11.1 Å². The molecule has 1 atom stereocenters. The van der Waals surface area contributed by atoms with E-state index in [1.54, 1.807) is 54.6 Å². The SMILES string of the molecule is NC(C(=O)Nc1cccc(S(=O)(=O)c2ccccc2)c1)c1ccccc1. The standard InChI is InChI=1S/C20H18N2O3S/c21-19(15-8-3-1-4-9-15)20(23)22-16-10-7-13-18(14-16)26(24,25)17-11-5-2-6-12-17/h1-14,19H,21H2,(H,22,23). The van der Waals surface area contributed by atoms with Crippen LogP contribution in [0.5, 0.6) is 0 Å². The summed E-state index contributed by atoms with van der Waals surface area (Å²) in [5, 5.41) is 2.68. The van der Waals surface area contributed by atoms with Gasteiger partial charge < -0.3 is 11.1 Å². The predicted molar refractivity (Wildman–Crippen MR) is 100 cm³/mol. The summed E-state index contributed by atoms with van der Waals surface area (Å²) in [5.41, 5.74) is 7.02. The molecule has 0 saturated heterocycles. The van der Waals surface area contributed by atoms with Crippen molar-refractivity contribution < 1.29 is 13.2 Å². The number of hydrogen-bond donors (Lipinski definition) is 2. The zero-order chi connectivity index (χ0) is 18.6. The predicted octanol–water partition coefficient (Wildman–Crippen LogP) is 3.16. The van der Waals surface area contributed by atoms with Gasteiger partial charge in [0.25, 0.3) is 0 Å². The van der Waals surface area contributed by atoms with Crippen LogP contribution in [0.15, 0.2) is 94.7 Å². The van der Waals surface area contributed by atoms with Crippen LogP contribution in [0.25, 0.3) is 0 Å². The molecule has 0 saturated carbocycles. The molecule has 0 bridgehead atoms. The monoisotopic (exact) mass is 366 g/mol. The summed E-state index contributed by atoms with van der Waals surface area (Å²) in [6.07, 6.45) is 0. The topological polar surface area (TPSA) is 89.3 Å². The van der Waals surface area contributed by atoms with Crippen LogP contribution in [0.4, 0.5) is 5.69 Å². The first-order valence-corrected chi connectivity index (χ1v) is 9.48. The second-order valence-corrected chi connectivity index (χ2v) is 7.67. The van der Waals surface area contributed by atoms with E-state index in [1.165, 1.54) is 24.3 Å². The molecule has 26 heavy (non-hydrogen) atoms. The summed E-state index contributed by atoms with van der Waals surface area (Å²) in [4.78, 5) is 12.7. The first-order chi connectivity index (χ1) is 12.5. The van der Waals surface area contributed by atoms with Crippen molar-refractivity contribution in [1.82, 2.24) is 0 Å². The van der Waals surface area contributed by atoms with Gasteiger partial charge in [0.2, 0.25) is 15.7 Å². The number of carbonyl (C=O) groups is 1. The molecule has 0 radical (unpaired) electrons. The molecule has 132 valence electrons. The Labute approximate surface area is 152 Å². The van der Waals surface area contributed by atoms with E-state index in [0.717, 1.165) is 0 Å². The molecule has 0 aliphatic carbocycles. The molecule has 5 nitrogen and oxygen atoms in total. The molecule has 3 rings (SSSR count). The highest BCUT2D eigenvalue weighted by Crippen LogP contribution is 2.23. The molecule has 6 heteroatoms. The zero-order valence-corrected chi connectivity index (χ0v) is 14.7. The smallest absolute Gasteiger partial charge is 0.245 e. The van der Waals surface area contributed by atoms with Crippen LogP contribution in [-0.2, 0) is 14.6 Å². The van der Waals surface area contributed by atoms with Crippen molar-refractivity contribution in [1.29, 1.82) is 0 Å². The van der Waals surface area contributed by atoms with Gasteiger partial charge in [-0.1, -0.05) is 54.6 Å². The van der Waals surface area contributed by atoms with Gasteiger partial charge in [0.05, 0.1) is 9.79 Å². The third-order valence-electron chi connectivity index (χ3n) is 3.91. The number of rotatable bonds is 5. The van der Waals surface area contributed by atoms with Gasteiger partial charge in [0.15, 0.2) is 0 Å². The minimum atomic E-state index is -3.65. The molecule has 0 heterocycles. The van der Waals surface area contributed by atoms with Gasteiger partial charge in [-0.25, -0.2) is 8.42 Å². The summed E-state index contributed by atoms with van der Waals surface area (Å²) in [6.45, 7) is 0. The molecule has 0 spiro atoms. The Balaban J connectivity index is 1.83. The van der Waals surface area contributed by atoms with Gasteiger partial charge in [-0.3, -0.25) is 4.79 Å². The normalized spacial score (nSPS) is 12.3. The van der Waals surface area contributed by atoms with Crippen molar-refractivity contribution in [3.63, 3.8) is 0 Å². The third kappa shape index (κ3) is 3.82. The number of sulfone groups is 1. The van der Waals surface area contributed by atoms with Crippen LogP contribution in [0.1, 0.15) is 11.6 Å². The average molecular weight is 366 g/mol. The zero-order valence-electron chi connectivity index (χ0n) is 13.9. The van der Waals surface area contributed by atoms with Gasteiger partial charge in [0.1, 0.15) is 6.04 Å². The maximum atomic E-state index is 12.7. The van der Waals surface area contributed by atoms with Crippen LogP contribution in [-0.4, -0.2) is 14.3 Å². The number of nitrogens with two attached hydrogens (primary N) is 1. The lowest BCUT2D eigenvalue weighted by Crippen LogP contribution is -2.27. The molecule has 0 aliphatic rings. The lowest BCUT2D eigenvalue weighted by Gasteiger charge is -2.13. The number of amides is 1. The fourth-order valence-corrected chi connectivity index (χ4v) is 3.84. The quantitative estimate of drug-likeness (QED) is 0.726. The Morgan fingerprint density at radius 3 is 2.04 bits per heavy atom. The maximum Gasteiger partial charge on any atom is 0.245 e. The Morgan fingerprint density at radius 1 is 0.808 bits per heavy atom. The molecule has 1 unspecified atom stereocenters. The largest absolute Gasteiger partial charge is 0.324 e. The highest BCUT2D eigenvalue weighted by atomic mass is 32.2. The number of hydrogen-bond acceptors (Lipinski definition) is 4. The van der Waals surface area contributed by atoms with Crippen molar-refractivity contribution in [2.24, 2.45) is 5.73 Å². The van der Waals surface area contributed by atoms with E-state index < -0.39 is 21.8 Å². The maximum absolute atomic E-state index is 12.7. The fourth-order valence-electron chi connectivity index (χ4n) is 2.51. The molecule has 0 aliphatic heterocycles. The summed E-state index contributed by atoms with van der Waals surface area (Å²) in [7, 11) is -3.65. The highest BCUT2D eigenvalue weighted by molar-refractivity contribution is 7.91. The van der Waals surface area contributed by atoms with Gasteiger partial charge >= 0.3 is 0 Å². The van der Waals surface area contributed by atoms with Crippen LogP contribution >= 0.6 is 0 Å². The lowest BCUT2D eigenvalue weighted by atomic mass is 10.1. The van der Waals surface area contributed by atoms with Crippen molar-refractivity contribution in [2.45, 2.75) is 15.8 Å². The summed E-state index contributed by atoms with van der Waals surface area (Å²) in [6, 6.07) is 22.4. The van der Waals surface area contributed by atoms with Crippen LogP contribution in [0, 0.1) is 0 Å². The van der Waals surface area contributed by atoms with Crippen molar-refractivity contribution in [3.8, 4) is 0 Å². The Kier molecular flexibility index (Phi) is 5.16. The molecule has 0 fully saturated rings. The summed E-state index contributed by atoms with van der Waals surface area (Å²) < 4.78 is 25.4. The Bertz CT molecular complexity index is 1000. The fraction of sp³-hybridized carbons (Fsp3) is 0.0500. The minimum Gasteiger partial charge on any atom is -0.324 e. The minimum absolute atomic E-state index is 0.106. The third-order valence-corrected chi connectivity index (χ3v) is 5.67. The first-order valence-electron chi connectivity index (χ1n) is 8.00. The molecule has 3 aromatic carbocycles. The molecule has 1 amide bonds. The molecule has 3 N–H and O–H groups in total. The molecular weight excluding hydrogens is 348 g/mol. The van der Waals surface area contributed by atoms with Gasteiger partial charge in [-0.05, 0) is 35.9 Å². The second-order valence-electron chi connectivity index (χ2n) is 5.72. The van der Waals surface area contributed by atoms with Gasteiger partial charge in [-0.2, -0.15) is 0 Å². The van der Waals surface area contributed by atoms with Gasteiger partial charge in [-0.15, -0.1) is 0 Å². The highest BCUT2D eigenvalue weighted by Gasteiger charge is 2.19. The first kappa shape index (κ1) is 17.8. The van der Waals surface area contributed by atoms with E-state index in [2.05, 4.69) is 5.32 Å². The van der Waals surface area contributed by atoms with Crippen molar-refractivity contribution in [3.05, 3.63) is 90.5 Å². The van der Waals surface area contributed by atoms with E-state index in [4.69, 9.17) is 5.73 Å².